The van der Waals surface area contributed by atoms with Gasteiger partial charge in [-0.05, 0) is 69.5 Å². The maximum Gasteiger partial charge on any atom is 0.203 e. The molecule has 3 aromatic rings. The Balaban J connectivity index is 1.82. The van der Waals surface area contributed by atoms with Crippen LogP contribution < -0.4 is 23.7 Å². The molecule has 0 saturated carbocycles. The maximum atomic E-state index is 12.8. The van der Waals surface area contributed by atoms with E-state index in [9.17, 15) is 4.79 Å². The van der Waals surface area contributed by atoms with Gasteiger partial charge in [0.15, 0.2) is 28.8 Å². The molecule has 0 unspecified atom stereocenters. The summed E-state index contributed by atoms with van der Waals surface area (Å²) in [6.07, 6.45) is 3.16. The molecule has 3 aromatic carbocycles. The van der Waals surface area contributed by atoms with Crippen LogP contribution in [-0.4, -0.2) is 34.2 Å². The first-order chi connectivity index (χ1) is 16.4. The molecule has 0 fully saturated rings. The molecule has 0 aliphatic heterocycles. The molecule has 0 aromatic heterocycles. The summed E-state index contributed by atoms with van der Waals surface area (Å²) in [6.45, 7) is 0.324. The molecule has 0 radical (unpaired) electrons. The summed E-state index contributed by atoms with van der Waals surface area (Å²) in [5.74, 6) is 2.09. The summed E-state index contributed by atoms with van der Waals surface area (Å²) in [7, 11) is 6.07. The molecule has 0 amide bonds. The van der Waals surface area contributed by atoms with Gasteiger partial charge >= 0.3 is 0 Å². The number of hydrogen-bond acceptors (Lipinski definition) is 6. The predicted molar refractivity (Wildman–Crippen MR) is 136 cm³/mol. The van der Waals surface area contributed by atoms with E-state index in [0.717, 1.165) is 11.1 Å². The number of hydrogen-bond donors (Lipinski definition) is 0. The summed E-state index contributed by atoms with van der Waals surface area (Å²) in [6, 6.07) is 14.3. The fourth-order valence-corrected chi connectivity index (χ4v) is 4.04. The van der Waals surface area contributed by atoms with Crippen LogP contribution in [0.2, 0.25) is 5.02 Å². The number of methoxy groups -OCH3 is 4. The zero-order valence-electron chi connectivity index (χ0n) is 19.2. The van der Waals surface area contributed by atoms with Crippen LogP contribution in [0.5, 0.6) is 28.7 Å². The minimum Gasteiger partial charge on any atom is -0.493 e. The summed E-state index contributed by atoms with van der Waals surface area (Å²) in [5, 5.41) is 0.643. The molecule has 178 valence electrons. The first-order valence-corrected chi connectivity index (χ1v) is 11.3. The van der Waals surface area contributed by atoms with Crippen molar-refractivity contribution in [1.82, 2.24) is 0 Å². The monoisotopic (exact) mass is 546 g/mol. The topological polar surface area (TPSA) is 63.2 Å². The van der Waals surface area contributed by atoms with E-state index >= 15 is 0 Å². The van der Waals surface area contributed by atoms with Crippen LogP contribution in [-0.2, 0) is 6.61 Å². The zero-order valence-corrected chi connectivity index (χ0v) is 21.5. The smallest absolute Gasteiger partial charge is 0.203 e. The van der Waals surface area contributed by atoms with Crippen LogP contribution in [0.3, 0.4) is 0 Å². The van der Waals surface area contributed by atoms with E-state index in [1.807, 2.05) is 30.3 Å². The van der Waals surface area contributed by atoms with E-state index in [1.54, 1.807) is 31.4 Å². The average molecular weight is 548 g/mol. The standard InChI is InChI=1S/C26H24BrClO6/c1-30-22-12-16(11-20(27)25(22)34-15-17-6-5-7-19(28)10-17)8-9-21(29)18-13-23(31-2)26(33-4)24(14-18)32-3/h5-14H,15H2,1-4H3/b9-8+. The Morgan fingerprint density at radius 3 is 2.12 bits per heavy atom. The minimum atomic E-state index is -0.226. The first kappa shape index (κ1) is 25.5. The fourth-order valence-electron chi connectivity index (χ4n) is 3.25. The normalized spacial score (nSPS) is 10.8. The lowest BCUT2D eigenvalue weighted by Crippen LogP contribution is -2.01. The highest BCUT2D eigenvalue weighted by molar-refractivity contribution is 9.10. The molecular formula is C26H24BrClO6. The number of ether oxygens (including phenoxy) is 5. The van der Waals surface area contributed by atoms with Crippen LogP contribution in [0.4, 0.5) is 0 Å². The van der Waals surface area contributed by atoms with E-state index < -0.39 is 0 Å². The zero-order chi connectivity index (χ0) is 24.7. The lowest BCUT2D eigenvalue weighted by molar-refractivity contribution is 0.104. The van der Waals surface area contributed by atoms with Crippen molar-refractivity contribution in [3.05, 3.63) is 80.8 Å². The second-order valence-corrected chi connectivity index (χ2v) is 8.36. The highest BCUT2D eigenvalue weighted by atomic mass is 79.9. The van der Waals surface area contributed by atoms with Gasteiger partial charge in [-0.1, -0.05) is 29.8 Å². The summed E-state index contributed by atoms with van der Waals surface area (Å²) < 4.78 is 28.1. The van der Waals surface area contributed by atoms with Gasteiger partial charge in [-0.2, -0.15) is 0 Å². The molecule has 3 rings (SSSR count). The van der Waals surface area contributed by atoms with Crippen LogP contribution in [0.1, 0.15) is 21.5 Å². The highest BCUT2D eigenvalue weighted by Gasteiger charge is 2.16. The molecular weight excluding hydrogens is 524 g/mol. The maximum absolute atomic E-state index is 12.8. The predicted octanol–water partition coefficient (Wildman–Crippen LogP) is 6.61. The van der Waals surface area contributed by atoms with Crippen LogP contribution in [0.15, 0.2) is 59.1 Å². The highest BCUT2D eigenvalue weighted by Crippen LogP contribution is 2.39. The largest absolute Gasteiger partial charge is 0.493 e. The quantitative estimate of drug-likeness (QED) is 0.210. The Morgan fingerprint density at radius 2 is 1.53 bits per heavy atom. The van der Waals surface area contributed by atoms with Gasteiger partial charge in [0.25, 0.3) is 0 Å². The first-order valence-electron chi connectivity index (χ1n) is 10.2. The third-order valence-electron chi connectivity index (χ3n) is 4.90. The molecule has 0 bridgehead atoms. The SMILES string of the molecule is COc1cc(/C=C/C(=O)c2cc(OC)c(OC)c(OC)c2)cc(Br)c1OCc1cccc(Cl)c1. The number of benzene rings is 3. The fraction of sp³-hybridized carbons (Fsp3) is 0.192. The van der Waals surface area contributed by atoms with E-state index in [0.29, 0.717) is 50.4 Å². The van der Waals surface area contributed by atoms with Gasteiger partial charge in [-0.25, -0.2) is 0 Å². The van der Waals surface area contributed by atoms with Crippen molar-refractivity contribution in [2.45, 2.75) is 6.61 Å². The number of carbonyl (C=O) groups is 1. The molecule has 0 saturated heterocycles. The Morgan fingerprint density at radius 1 is 0.882 bits per heavy atom. The molecule has 0 N–H and O–H groups in total. The van der Waals surface area contributed by atoms with Gasteiger partial charge in [0.2, 0.25) is 5.75 Å². The number of rotatable bonds is 10. The third kappa shape index (κ3) is 6.04. The van der Waals surface area contributed by atoms with E-state index in [1.165, 1.54) is 27.4 Å². The van der Waals surface area contributed by atoms with Crippen molar-refractivity contribution >= 4 is 39.4 Å². The van der Waals surface area contributed by atoms with Crippen molar-refractivity contribution in [2.75, 3.05) is 28.4 Å². The van der Waals surface area contributed by atoms with Gasteiger partial charge in [-0.3, -0.25) is 4.79 Å². The van der Waals surface area contributed by atoms with Gasteiger partial charge in [-0.15, -0.1) is 0 Å². The van der Waals surface area contributed by atoms with Gasteiger partial charge < -0.3 is 23.7 Å². The summed E-state index contributed by atoms with van der Waals surface area (Å²) in [5.41, 5.74) is 2.08. The number of ketones is 1. The number of carbonyl (C=O) groups excluding carboxylic acids is 1. The molecule has 8 heteroatoms. The van der Waals surface area contributed by atoms with E-state index in [4.69, 9.17) is 35.3 Å². The molecule has 0 aliphatic carbocycles. The number of halogens is 2. The van der Waals surface area contributed by atoms with Crippen molar-refractivity contribution in [3.63, 3.8) is 0 Å². The Labute approximate surface area is 212 Å². The Hall–Kier alpha value is -3.16. The molecule has 0 spiro atoms. The molecule has 0 atom stereocenters. The van der Waals surface area contributed by atoms with Crippen molar-refractivity contribution in [3.8, 4) is 28.7 Å². The van der Waals surface area contributed by atoms with Gasteiger partial charge in [0, 0.05) is 10.6 Å². The number of allylic oxidation sites excluding steroid dienone is 1. The van der Waals surface area contributed by atoms with Crippen molar-refractivity contribution < 1.29 is 28.5 Å². The van der Waals surface area contributed by atoms with Crippen LogP contribution in [0.25, 0.3) is 6.08 Å². The lowest BCUT2D eigenvalue weighted by Gasteiger charge is -2.14. The second kappa shape index (κ2) is 11.8. The summed E-state index contributed by atoms with van der Waals surface area (Å²) in [4.78, 5) is 12.8. The van der Waals surface area contributed by atoms with Crippen molar-refractivity contribution in [1.29, 1.82) is 0 Å². The average Bonchev–Trinajstić information content (AvgIpc) is 2.85. The van der Waals surface area contributed by atoms with Crippen LogP contribution in [0, 0.1) is 0 Å². The molecule has 0 heterocycles. The minimum absolute atomic E-state index is 0.226. The second-order valence-electron chi connectivity index (χ2n) is 7.06. The van der Waals surface area contributed by atoms with Gasteiger partial charge in [0.05, 0.1) is 32.9 Å². The Bertz CT molecular complexity index is 1180. The molecule has 0 aliphatic rings. The lowest BCUT2D eigenvalue weighted by atomic mass is 10.1. The molecule has 34 heavy (non-hydrogen) atoms. The van der Waals surface area contributed by atoms with Crippen molar-refractivity contribution in [2.24, 2.45) is 0 Å². The van der Waals surface area contributed by atoms with Gasteiger partial charge in [0.1, 0.15) is 6.61 Å². The van der Waals surface area contributed by atoms with Crippen LogP contribution >= 0.6 is 27.5 Å². The van der Waals surface area contributed by atoms with E-state index in [-0.39, 0.29) is 5.78 Å². The third-order valence-corrected chi connectivity index (χ3v) is 5.72. The Kier molecular flexibility index (Phi) is 8.85. The summed E-state index contributed by atoms with van der Waals surface area (Å²) >= 11 is 9.58. The van der Waals surface area contributed by atoms with E-state index in [2.05, 4.69) is 15.9 Å². The molecule has 6 nitrogen and oxygen atoms in total.